The van der Waals surface area contributed by atoms with Crippen LogP contribution in [0, 0.1) is 10.1 Å². The molecule has 0 heterocycles. The number of hydrogen-bond acceptors (Lipinski definition) is 3. The van der Waals surface area contributed by atoms with Crippen LogP contribution >= 0.6 is 0 Å². The topological polar surface area (TPSA) is 52.4 Å². The Morgan fingerprint density at radius 3 is 2.12 bits per heavy atom. The first-order valence-corrected chi connectivity index (χ1v) is 6.78. The Bertz CT molecular complexity index is 793. The van der Waals surface area contributed by atoms with Crippen LogP contribution in [0.1, 0.15) is 18.1 Å². The molecule has 0 atom stereocenters. The lowest BCUT2D eigenvalue weighted by molar-refractivity contribution is -0.384. The molecule has 0 N–H and O–H groups in total. The zero-order valence-corrected chi connectivity index (χ0v) is 12.5. The first-order chi connectivity index (χ1) is 11.4. The number of halogens is 3. The second-order valence-corrected chi connectivity index (χ2v) is 4.84. The van der Waals surface area contributed by atoms with Crippen LogP contribution in [0.3, 0.4) is 0 Å². The molecule has 0 aliphatic rings. The summed E-state index contributed by atoms with van der Waals surface area (Å²) in [5, 5.41) is 10.6. The molecule has 0 amide bonds. The summed E-state index contributed by atoms with van der Waals surface area (Å²) >= 11 is 0. The third-order valence-electron chi connectivity index (χ3n) is 3.15. The first-order valence-electron chi connectivity index (χ1n) is 6.78. The van der Waals surface area contributed by atoms with E-state index in [2.05, 4.69) is 4.74 Å². The zero-order chi connectivity index (χ0) is 17.7. The summed E-state index contributed by atoms with van der Waals surface area (Å²) in [6.45, 7) is 1.83. The number of ether oxygens (including phenoxy) is 1. The molecular formula is C17H12F3NO3. The minimum absolute atomic E-state index is 0.00299. The summed E-state index contributed by atoms with van der Waals surface area (Å²) in [4.78, 5) is 10.1. The Kier molecular flexibility index (Phi) is 5.36. The van der Waals surface area contributed by atoms with Crippen molar-refractivity contribution in [3.63, 3.8) is 0 Å². The van der Waals surface area contributed by atoms with Crippen LogP contribution in [0.2, 0.25) is 0 Å². The van der Waals surface area contributed by atoms with E-state index >= 15 is 0 Å². The van der Waals surface area contributed by atoms with Crippen LogP contribution in [-0.4, -0.2) is 4.92 Å². The Morgan fingerprint density at radius 2 is 1.62 bits per heavy atom. The van der Waals surface area contributed by atoms with Crippen LogP contribution in [0.25, 0.3) is 11.6 Å². The van der Waals surface area contributed by atoms with Crippen molar-refractivity contribution >= 4 is 17.3 Å². The van der Waals surface area contributed by atoms with Crippen molar-refractivity contribution in [2.24, 2.45) is 0 Å². The van der Waals surface area contributed by atoms with Crippen LogP contribution in [0.15, 0.2) is 60.6 Å². The van der Waals surface area contributed by atoms with Crippen LogP contribution in [-0.2, 0) is 0 Å². The second kappa shape index (κ2) is 7.45. The lowest BCUT2D eigenvalue weighted by atomic mass is 10.0. The van der Waals surface area contributed by atoms with Gasteiger partial charge in [-0.3, -0.25) is 10.1 Å². The lowest BCUT2D eigenvalue weighted by Crippen LogP contribution is -1.90. The van der Waals surface area contributed by atoms with E-state index in [4.69, 9.17) is 0 Å². The van der Waals surface area contributed by atoms with Crippen LogP contribution < -0.4 is 4.74 Å². The van der Waals surface area contributed by atoms with Gasteiger partial charge in [-0.1, -0.05) is 18.2 Å². The number of nitro groups is 1. The highest BCUT2D eigenvalue weighted by Gasteiger charge is 2.08. The summed E-state index contributed by atoms with van der Waals surface area (Å²) in [5.74, 6) is -0.0505. The van der Waals surface area contributed by atoms with Gasteiger partial charge in [0.05, 0.1) is 4.92 Å². The van der Waals surface area contributed by atoms with Gasteiger partial charge in [-0.25, -0.2) is 0 Å². The molecule has 0 bridgehead atoms. The first kappa shape index (κ1) is 17.3. The third-order valence-corrected chi connectivity index (χ3v) is 3.15. The van der Waals surface area contributed by atoms with Gasteiger partial charge < -0.3 is 4.74 Å². The van der Waals surface area contributed by atoms with Gasteiger partial charge in [0.1, 0.15) is 5.75 Å². The van der Waals surface area contributed by atoms with Gasteiger partial charge in [0.2, 0.25) is 0 Å². The number of nitro benzene ring substituents is 1. The monoisotopic (exact) mass is 335 g/mol. The number of hydrogen-bond donors (Lipinski definition) is 0. The molecule has 0 aliphatic carbocycles. The number of non-ortho nitro benzene ring substituents is 1. The molecule has 0 saturated carbocycles. The number of allylic oxidation sites excluding steroid dienone is 1. The highest BCUT2D eigenvalue weighted by Crippen LogP contribution is 2.23. The summed E-state index contributed by atoms with van der Waals surface area (Å²) in [7, 11) is 0. The fourth-order valence-electron chi connectivity index (χ4n) is 1.95. The Balaban J connectivity index is 2.15. The third kappa shape index (κ3) is 4.45. The van der Waals surface area contributed by atoms with E-state index in [0.29, 0.717) is 0 Å². The van der Waals surface area contributed by atoms with Gasteiger partial charge in [0.25, 0.3) is 5.69 Å². The fraction of sp³-hybridized carbons (Fsp3) is 0.0588. The average molecular weight is 335 g/mol. The standard InChI is InChI=1S/C17H12F3NO3/c1-11(13-4-6-14(7-5-13)21(22)23)10-12-2-8-15(9-3-12)24-17(20)16(18)19/h2-10H,1H3/b11-10+. The van der Waals surface area contributed by atoms with Crippen molar-refractivity contribution in [2.45, 2.75) is 6.92 Å². The van der Waals surface area contributed by atoms with Crippen molar-refractivity contribution in [3.05, 3.63) is 81.9 Å². The molecule has 2 aromatic rings. The summed E-state index contributed by atoms with van der Waals surface area (Å²) in [6, 6.07) is 10.0. The predicted octanol–water partition coefficient (Wildman–Crippen LogP) is 5.57. The van der Waals surface area contributed by atoms with E-state index in [-0.39, 0.29) is 11.4 Å². The molecule has 2 rings (SSSR count). The summed E-state index contributed by atoms with van der Waals surface area (Å²) < 4.78 is 40.9. The molecule has 0 unspecified atom stereocenters. The maximum Gasteiger partial charge on any atom is 0.344 e. The second-order valence-electron chi connectivity index (χ2n) is 4.84. The molecular weight excluding hydrogens is 323 g/mol. The van der Waals surface area contributed by atoms with Gasteiger partial charge in [0.15, 0.2) is 0 Å². The van der Waals surface area contributed by atoms with Crippen molar-refractivity contribution in [1.29, 1.82) is 0 Å². The van der Waals surface area contributed by atoms with Crippen LogP contribution in [0.5, 0.6) is 5.75 Å². The van der Waals surface area contributed by atoms with E-state index in [9.17, 15) is 23.3 Å². The molecule has 0 aliphatic heterocycles. The summed E-state index contributed by atoms with van der Waals surface area (Å²) in [6.07, 6.45) is -0.722. The smallest absolute Gasteiger partial charge is 0.344 e. The lowest BCUT2D eigenvalue weighted by Gasteiger charge is -2.04. The molecule has 2 aromatic carbocycles. The molecule has 0 saturated heterocycles. The highest BCUT2D eigenvalue weighted by atomic mass is 19.3. The van der Waals surface area contributed by atoms with Crippen molar-refractivity contribution in [3.8, 4) is 5.75 Å². The quantitative estimate of drug-likeness (QED) is 0.311. The van der Waals surface area contributed by atoms with Gasteiger partial charge in [0, 0.05) is 12.1 Å². The average Bonchev–Trinajstić information content (AvgIpc) is 2.56. The number of nitrogens with zero attached hydrogens (tertiary/aromatic N) is 1. The van der Waals surface area contributed by atoms with Gasteiger partial charge in [-0.2, -0.15) is 13.2 Å². The SMILES string of the molecule is C/C(=C\c1ccc(OC(F)=C(F)F)cc1)c1ccc([N+](=O)[O-])cc1. The highest BCUT2D eigenvalue weighted by molar-refractivity contribution is 5.80. The maximum atomic E-state index is 12.7. The van der Waals surface area contributed by atoms with E-state index < -0.39 is 17.0 Å². The maximum absolute atomic E-state index is 12.7. The zero-order valence-electron chi connectivity index (χ0n) is 12.5. The Hall–Kier alpha value is -3.09. The minimum atomic E-state index is -2.52. The van der Waals surface area contributed by atoms with Gasteiger partial charge in [-0.05, 0) is 47.9 Å². The molecule has 124 valence electrons. The van der Waals surface area contributed by atoms with Gasteiger partial charge in [-0.15, -0.1) is 0 Å². The van der Waals surface area contributed by atoms with E-state index in [0.717, 1.165) is 16.7 Å². The molecule has 0 radical (unpaired) electrons. The molecule has 24 heavy (non-hydrogen) atoms. The minimum Gasteiger partial charge on any atom is -0.428 e. The largest absolute Gasteiger partial charge is 0.428 e. The van der Waals surface area contributed by atoms with Crippen molar-refractivity contribution in [2.75, 3.05) is 0 Å². The van der Waals surface area contributed by atoms with Crippen LogP contribution in [0.4, 0.5) is 18.9 Å². The Morgan fingerprint density at radius 1 is 1.04 bits per heavy atom. The molecule has 7 heteroatoms. The molecule has 0 spiro atoms. The normalized spacial score (nSPS) is 11.1. The van der Waals surface area contributed by atoms with E-state index in [1.165, 1.54) is 24.3 Å². The van der Waals surface area contributed by atoms with E-state index in [1.54, 1.807) is 30.3 Å². The Labute approximate surface area is 135 Å². The summed E-state index contributed by atoms with van der Waals surface area (Å²) in [5.41, 5.74) is 2.39. The number of benzene rings is 2. The van der Waals surface area contributed by atoms with Crippen molar-refractivity contribution < 1.29 is 22.8 Å². The molecule has 4 nitrogen and oxygen atoms in total. The van der Waals surface area contributed by atoms with E-state index in [1.807, 2.05) is 6.92 Å². The molecule has 0 aromatic heterocycles. The fourth-order valence-corrected chi connectivity index (χ4v) is 1.95. The molecule has 0 fully saturated rings. The van der Waals surface area contributed by atoms with Crippen molar-refractivity contribution in [1.82, 2.24) is 0 Å². The predicted molar refractivity (Wildman–Crippen MR) is 84.1 cm³/mol. The number of rotatable bonds is 5. The van der Waals surface area contributed by atoms with Gasteiger partial charge >= 0.3 is 12.1 Å².